The fraction of sp³-hybridized carbons (Fsp3) is 0.212. The number of anilines is 1. The Morgan fingerprint density at radius 3 is 2.11 bits per heavy atom. The first kappa shape index (κ1) is 33.3. The molecule has 0 aliphatic rings. The smallest absolute Gasteiger partial charge is 0.264 e. The summed E-state index contributed by atoms with van der Waals surface area (Å²) in [5.74, 6) is -0.995. The van der Waals surface area contributed by atoms with E-state index in [1.165, 1.54) is 23.1 Å². The number of likely N-dealkylation sites (N-methyl/N-ethyl adjacent to an activating group) is 1. The van der Waals surface area contributed by atoms with E-state index in [0.717, 1.165) is 15.4 Å². The number of hydrogen-bond acceptors (Lipinski definition) is 4. The Kier molecular flexibility index (Phi) is 11.3. The molecule has 0 fully saturated rings. The van der Waals surface area contributed by atoms with Crippen molar-refractivity contribution < 1.29 is 18.0 Å². The zero-order valence-electron chi connectivity index (χ0n) is 24.2. The molecule has 4 aromatic carbocycles. The van der Waals surface area contributed by atoms with Gasteiger partial charge in [-0.15, -0.1) is 0 Å². The first-order valence-corrected chi connectivity index (χ1v) is 16.5. The Labute approximate surface area is 273 Å². The standard InChI is InChI=1S/C33H32Cl3N3O4S/c1-3-37-33(41)31(18-24-10-6-4-7-11-24)38(21-25-15-16-26(34)19-30(25)36)32(40)22-39(27-17-14-23(2)29(35)20-27)44(42,43)28-12-8-5-9-13-28/h4-17,19-20,31H,3,18,21-22H2,1-2H3,(H,37,41)/t31-/m1/s1. The Hall–Kier alpha value is -3.56. The summed E-state index contributed by atoms with van der Waals surface area (Å²) in [5, 5.41) is 3.90. The maximum Gasteiger partial charge on any atom is 0.264 e. The summed E-state index contributed by atoms with van der Waals surface area (Å²) in [6.45, 7) is 3.24. The van der Waals surface area contributed by atoms with E-state index >= 15 is 0 Å². The van der Waals surface area contributed by atoms with Crippen molar-refractivity contribution in [2.45, 2.75) is 37.8 Å². The molecule has 0 aliphatic carbocycles. The molecule has 1 N–H and O–H groups in total. The topological polar surface area (TPSA) is 86.8 Å². The van der Waals surface area contributed by atoms with Crippen LogP contribution in [-0.4, -0.2) is 44.3 Å². The molecule has 1 atom stereocenters. The summed E-state index contributed by atoms with van der Waals surface area (Å²) >= 11 is 19.1. The third-order valence-electron chi connectivity index (χ3n) is 7.03. The van der Waals surface area contributed by atoms with Crippen LogP contribution < -0.4 is 9.62 Å². The minimum absolute atomic E-state index is 0.00125. The average Bonchev–Trinajstić information content (AvgIpc) is 3.01. The van der Waals surface area contributed by atoms with Gasteiger partial charge in [0.05, 0.1) is 10.6 Å². The minimum atomic E-state index is -4.23. The van der Waals surface area contributed by atoms with E-state index in [1.807, 2.05) is 30.3 Å². The number of amides is 2. The maximum atomic E-state index is 14.4. The monoisotopic (exact) mass is 671 g/mol. The maximum absolute atomic E-state index is 14.4. The van der Waals surface area contributed by atoms with Gasteiger partial charge in [-0.1, -0.05) is 95.5 Å². The van der Waals surface area contributed by atoms with Crippen LogP contribution in [0.2, 0.25) is 15.1 Å². The van der Waals surface area contributed by atoms with Crippen molar-refractivity contribution >= 4 is 62.3 Å². The van der Waals surface area contributed by atoms with Crippen LogP contribution in [0.25, 0.3) is 0 Å². The number of aryl methyl sites for hydroxylation is 1. The molecule has 2 amide bonds. The van der Waals surface area contributed by atoms with E-state index in [-0.39, 0.29) is 29.5 Å². The number of sulfonamides is 1. The lowest BCUT2D eigenvalue weighted by Crippen LogP contribution is -2.53. The number of hydrogen-bond donors (Lipinski definition) is 1. The van der Waals surface area contributed by atoms with E-state index in [4.69, 9.17) is 34.8 Å². The molecule has 0 saturated carbocycles. The van der Waals surface area contributed by atoms with Crippen molar-refractivity contribution in [3.63, 3.8) is 0 Å². The number of carbonyl (C=O) groups excluding carboxylic acids is 2. The molecular weight excluding hydrogens is 641 g/mol. The summed E-state index contributed by atoms with van der Waals surface area (Å²) in [6, 6.07) is 25.8. The molecule has 0 spiro atoms. The van der Waals surface area contributed by atoms with Crippen molar-refractivity contribution in [1.82, 2.24) is 10.2 Å². The molecule has 0 radical (unpaired) electrons. The Morgan fingerprint density at radius 2 is 1.50 bits per heavy atom. The van der Waals surface area contributed by atoms with Crippen molar-refractivity contribution in [1.29, 1.82) is 0 Å². The largest absolute Gasteiger partial charge is 0.355 e. The van der Waals surface area contributed by atoms with Crippen molar-refractivity contribution in [2.24, 2.45) is 0 Å². The summed E-state index contributed by atoms with van der Waals surface area (Å²) in [7, 11) is -4.23. The second-order valence-electron chi connectivity index (χ2n) is 10.1. The lowest BCUT2D eigenvalue weighted by Gasteiger charge is -2.34. The lowest BCUT2D eigenvalue weighted by atomic mass is 10.0. The number of benzene rings is 4. The first-order valence-electron chi connectivity index (χ1n) is 13.9. The van der Waals surface area contributed by atoms with Crippen LogP contribution in [0, 0.1) is 6.92 Å². The molecule has 0 bridgehead atoms. The number of nitrogens with zero attached hydrogens (tertiary/aromatic N) is 2. The average molecular weight is 673 g/mol. The second-order valence-corrected chi connectivity index (χ2v) is 13.2. The highest BCUT2D eigenvalue weighted by Crippen LogP contribution is 2.29. The molecule has 0 unspecified atom stereocenters. The number of rotatable bonds is 12. The predicted molar refractivity (Wildman–Crippen MR) is 177 cm³/mol. The fourth-order valence-corrected chi connectivity index (χ4v) is 6.73. The first-order chi connectivity index (χ1) is 21.0. The van der Waals surface area contributed by atoms with Crippen LogP contribution in [0.4, 0.5) is 5.69 Å². The number of nitrogens with one attached hydrogen (secondary N) is 1. The highest BCUT2D eigenvalue weighted by Gasteiger charge is 2.35. The van der Waals surface area contributed by atoms with Gasteiger partial charge in [0.25, 0.3) is 10.0 Å². The molecule has 0 saturated heterocycles. The molecule has 4 aromatic rings. The van der Waals surface area contributed by atoms with Gasteiger partial charge in [-0.2, -0.15) is 0 Å². The predicted octanol–water partition coefficient (Wildman–Crippen LogP) is 6.93. The lowest BCUT2D eigenvalue weighted by molar-refractivity contribution is -0.140. The molecule has 0 heterocycles. The summed E-state index contributed by atoms with van der Waals surface area (Å²) in [5.41, 5.74) is 2.32. The molecule has 4 rings (SSSR count). The molecule has 0 aromatic heterocycles. The number of halogens is 3. The minimum Gasteiger partial charge on any atom is -0.355 e. The Morgan fingerprint density at radius 1 is 0.841 bits per heavy atom. The zero-order valence-corrected chi connectivity index (χ0v) is 27.3. The van der Waals surface area contributed by atoms with Crippen molar-refractivity contribution in [2.75, 3.05) is 17.4 Å². The third kappa shape index (κ3) is 8.12. The normalized spacial score (nSPS) is 11.9. The van der Waals surface area contributed by atoms with Crippen LogP contribution in [0.1, 0.15) is 23.6 Å². The highest BCUT2D eigenvalue weighted by atomic mass is 35.5. The second kappa shape index (κ2) is 14.9. The third-order valence-corrected chi connectivity index (χ3v) is 9.81. The summed E-state index contributed by atoms with van der Waals surface area (Å²) in [4.78, 5) is 29.4. The van der Waals surface area contributed by atoms with Crippen LogP contribution in [0.15, 0.2) is 102 Å². The Balaban J connectivity index is 1.82. The van der Waals surface area contributed by atoms with Crippen LogP contribution in [0.3, 0.4) is 0 Å². The molecule has 230 valence electrons. The van der Waals surface area contributed by atoms with Gasteiger partial charge in [0, 0.05) is 34.6 Å². The molecular formula is C33H32Cl3N3O4S. The van der Waals surface area contributed by atoms with E-state index in [1.54, 1.807) is 62.4 Å². The van der Waals surface area contributed by atoms with Crippen molar-refractivity contribution in [3.05, 3.63) is 129 Å². The fourth-order valence-electron chi connectivity index (χ4n) is 4.66. The Bertz CT molecular complexity index is 1720. The molecule has 11 heteroatoms. The van der Waals surface area contributed by atoms with E-state index in [2.05, 4.69) is 5.32 Å². The van der Waals surface area contributed by atoms with Gasteiger partial charge in [0.2, 0.25) is 11.8 Å². The van der Waals surface area contributed by atoms with Gasteiger partial charge in [0.1, 0.15) is 12.6 Å². The SMILES string of the molecule is CCNC(=O)[C@@H](Cc1ccccc1)N(Cc1ccc(Cl)cc1Cl)C(=O)CN(c1ccc(C)c(Cl)c1)S(=O)(=O)c1ccccc1. The van der Waals surface area contributed by atoms with Gasteiger partial charge in [-0.3, -0.25) is 13.9 Å². The van der Waals surface area contributed by atoms with E-state index in [0.29, 0.717) is 27.2 Å². The summed E-state index contributed by atoms with van der Waals surface area (Å²) in [6.07, 6.45) is 0.186. The van der Waals surface area contributed by atoms with Gasteiger partial charge in [-0.25, -0.2) is 8.42 Å². The van der Waals surface area contributed by atoms with Gasteiger partial charge < -0.3 is 10.2 Å². The number of carbonyl (C=O) groups is 2. The van der Waals surface area contributed by atoms with Gasteiger partial charge in [-0.05, 0) is 66.9 Å². The zero-order chi connectivity index (χ0) is 31.9. The molecule has 0 aliphatic heterocycles. The van der Waals surface area contributed by atoms with E-state index in [9.17, 15) is 18.0 Å². The highest BCUT2D eigenvalue weighted by molar-refractivity contribution is 7.92. The molecule has 7 nitrogen and oxygen atoms in total. The van der Waals surface area contributed by atoms with Crippen LogP contribution >= 0.6 is 34.8 Å². The van der Waals surface area contributed by atoms with E-state index < -0.39 is 28.5 Å². The molecule has 44 heavy (non-hydrogen) atoms. The van der Waals surface area contributed by atoms with Gasteiger partial charge in [0.15, 0.2) is 0 Å². The van der Waals surface area contributed by atoms with Crippen molar-refractivity contribution in [3.8, 4) is 0 Å². The quantitative estimate of drug-likeness (QED) is 0.177. The van der Waals surface area contributed by atoms with Crippen LogP contribution in [-0.2, 0) is 32.6 Å². The summed E-state index contributed by atoms with van der Waals surface area (Å²) < 4.78 is 29.1. The van der Waals surface area contributed by atoms with Gasteiger partial charge >= 0.3 is 0 Å². The van der Waals surface area contributed by atoms with Crippen LogP contribution in [0.5, 0.6) is 0 Å².